The lowest BCUT2D eigenvalue weighted by atomic mass is 9.82. The SMILES string of the molecule is COc1ccccc1CN1C(=O)C(O)=C(C(=O)C(C)(C)C)C1c1ccc(OC(C)C)cc1. The number of ketones is 1. The molecular formula is C26H31NO5. The van der Waals surface area contributed by atoms with Gasteiger partial charge in [-0.15, -0.1) is 0 Å². The van der Waals surface area contributed by atoms with Gasteiger partial charge in [0.15, 0.2) is 11.5 Å². The van der Waals surface area contributed by atoms with Gasteiger partial charge in [0, 0.05) is 11.0 Å². The molecule has 1 aliphatic heterocycles. The van der Waals surface area contributed by atoms with E-state index in [0.29, 0.717) is 11.5 Å². The normalized spacial score (nSPS) is 16.7. The molecule has 0 fully saturated rings. The van der Waals surface area contributed by atoms with Crippen molar-refractivity contribution in [2.24, 2.45) is 5.41 Å². The number of rotatable bonds is 7. The van der Waals surface area contributed by atoms with Crippen molar-refractivity contribution >= 4 is 11.7 Å². The molecule has 32 heavy (non-hydrogen) atoms. The lowest BCUT2D eigenvalue weighted by molar-refractivity contribution is -0.130. The van der Waals surface area contributed by atoms with Crippen LogP contribution in [-0.2, 0) is 16.1 Å². The van der Waals surface area contributed by atoms with Gasteiger partial charge in [-0.1, -0.05) is 51.1 Å². The van der Waals surface area contributed by atoms with E-state index in [2.05, 4.69) is 0 Å². The molecule has 1 atom stereocenters. The first-order valence-corrected chi connectivity index (χ1v) is 10.7. The third-order valence-electron chi connectivity index (χ3n) is 5.33. The molecule has 0 aliphatic carbocycles. The molecule has 0 radical (unpaired) electrons. The van der Waals surface area contributed by atoms with Crippen molar-refractivity contribution in [3.63, 3.8) is 0 Å². The molecule has 1 unspecified atom stereocenters. The summed E-state index contributed by atoms with van der Waals surface area (Å²) in [6, 6.07) is 14.0. The van der Waals surface area contributed by atoms with Crippen LogP contribution in [0, 0.1) is 5.41 Å². The Kier molecular flexibility index (Phi) is 6.63. The molecule has 2 aromatic rings. The first-order chi connectivity index (χ1) is 15.0. The average Bonchev–Trinajstić information content (AvgIpc) is 2.98. The molecular weight excluding hydrogens is 406 g/mol. The van der Waals surface area contributed by atoms with Crippen molar-refractivity contribution < 1.29 is 24.2 Å². The van der Waals surface area contributed by atoms with Crippen molar-refractivity contribution in [1.82, 2.24) is 4.90 Å². The number of aliphatic hydroxyl groups excluding tert-OH is 1. The second-order valence-corrected chi connectivity index (χ2v) is 9.22. The molecule has 1 heterocycles. The number of ether oxygens (including phenoxy) is 2. The highest BCUT2D eigenvalue weighted by atomic mass is 16.5. The summed E-state index contributed by atoms with van der Waals surface area (Å²) in [7, 11) is 1.57. The molecule has 0 saturated heterocycles. The average molecular weight is 438 g/mol. The lowest BCUT2D eigenvalue weighted by Crippen LogP contribution is -2.32. The van der Waals surface area contributed by atoms with E-state index >= 15 is 0 Å². The van der Waals surface area contributed by atoms with Crippen molar-refractivity contribution in [3.8, 4) is 11.5 Å². The maximum Gasteiger partial charge on any atom is 0.290 e. The topological polar surface area (TPSA) is 76.1 Å². The van der Waals surface area contributed by atoms with Crippen LogP contribution in [0.25, 0.3) is 0 Å². The van der Waals surface area contributed by atoms with E-state index in [1.807, 2.05) is 62.4 Å². The molecule has 0 bridgehead atoms. The van der Waals surface area contributed by atoms with Crippen LogP contribution in [-0.4, -0.2) is 34.9 Å². The molecule has 0 aromatic heterocycles. The van der Waals surface area contributed by atoms with Crippen LogP contribution in [0.1, 0.15) is 51.8 Å². The molecule has 0 spiro atoms. The van der Waals surface area contributed by atoms with Gasteiger partial charge in [0.1, 0.15) is 11.5 Å². The predicted molar refractivity (Wildman–Crippen MR) is 123 cm³/mol. The maximum atomic E-state index is 13.3. The predicted octanol–water partition coefficient (Wildman–Crippen LogP) is 4.99. The molecule has 6 heteroatoms. The van der Waals surface area contributed by atoms with Gasteiger partial charge in [0.2, 0.25) is 0 Å². The minimum Gasteiger partial charge on any atom is -0.503 e. The zero-order chi connectivity index (χ0) is 23.6. The lowest BCUT2D eigenvalue weighted by Gasteiger charge is -2.29. The first kappa shape index (κ1) is 23.4. The number of hydrogen-bond donors (Lipinski definition) is 1. The summed E-state index contributed by atoms with van der Waals surface area (Å²) in [5, 5.41) is 10.8. The van der Waals surface area contributed by atoms with Crippen LogP contribution in [0.2, 0.25) is 0 Å². The monoisotopic (exact) mass is 437 g/mol. The Morgan fingerprint density at radius 1 is 1.09 bits per heavy atom. The van der Waals surface area contributed by atoms with Crippen molar-refractivity contribution in [3.05, 3.63) is 71.0 Å². The minimum atomic E-state index is -0.761. The summed E-state index contributed by atoms with van der Waals surface area (Å²) in [6.45, 7) is 9.40. The van der Waals surface area contributed by atoms with E-state index in [0.717, 1.165) is 11.1 Å². The zero-order valence-electron chi connectivity index (χ0n) is 19.5. The van der Waals surface area contributed by atoms with Crippen LogP contribution >= 0.6 is 0 Å². The van der Waals surface area contributed by atoms with Crippen LogP contribution in [0.15, 0.2) is 59.9 Å². The molecule has 6 nitrogen and oxygen atoms in total. The van der Waals surface area contributed by atoms with E-state index in [1.165, 1.54) is 4.90 Å². The van der Waals surface area contributed by atoms with Gasteiger partial charge in [0.05, 0.1) is 31.4 Å². The molecule has 1 N–H and O–H groups in total. The molecule has 1 aliphatic rings. The van der Waals surface area contributed by atoms with E-state index in [4.69, 9.17) is 9.47 Å². The number of aliphatic hydroxyl groups is 1. The number of carbonyl (C=O) groups excluding carboxylic acids is 2. The highest BCUT2D eigenvalue weighted by Crippen LogP contribution is 2.42. The maximum absolute atomic E-state index is 13.3. The van der Waals surface area contributed by atoms with Gasteiger partial charge in [-0.05, 0) is 37.6 Å². The fraction of sp³-hybridized carbons (Fsp3) is 0.385. The van der Waals surface area contributed by atoms with Gasteiger partial charge in [-0.3, -0.25) is 9.59 Å². The highest BCUT2D eigenvalue weighted by Gasteiger charge is 2.46. The van der Waals surface area contributed by atoms with Gasteiger partial charge >= 0.3 is 0 Å². The number of amides is 1. The highest BCUT2D eigenvalue weighted by molar-refractivity contribution is 6.10. The number of benzene rings is 2. The number of carbonyl (C=O) groups is 2. The fourth-order valence-electron chi connectivity index (χ4n) is 3.82. The summed E-state index contributed by atoms with van der Waals surface area (Å²) in [6.07, 6.45) is 0.0259. The second kappa shape index (κ2) is 9.07. The van der Waals surface area contributed by atoms with Crippen LogP contribution in [0.5, 0.6) is 11.5 Å². The Morgan fingerprint density at radius 2 is 1.72 bits per heavy atom. The number of para-hydroxylation sites is 1. The smallest absolute Gasteiger partial charge is 0.290 e. The van der Waals surface area contributed by atoms with Crippen molar-refractivity contribution in [1.29, 1.82) is 0 Å². The number of Topliss-reactive ketones (excluding diaryl/α,β-unsaturated/α-hetero) is 1. The second-order valence-electron chi connectivity index (χ2n) is 9.22. The number of hydrogen-bond acceptors (Lipinski definition) is 5. The first-order valence-electron chi connectivity index (χ1n) is 10.7. The molecule has 170 valence electrons. The van der Waals surface area contributed by atoms with Crippen molar-refractivity contribution in [2.45, 2.75) is 53.3 Å². The van der Waals surface area contributed by atoms with Gasteiger partial charge in [-0.2, -0.15) is 0 Å². The summed E-state index contributed by atoms with van der Waals surface area (Å²) in [4.78, 5) is 28.0. The Balaban J connectivity index is 2.08. The van der Waals surface area contributed by atoms with Crippen LogP contribution in [0.3, 0.4) is 0 Å². The summed E-state index contributed by atoms with van der Waals surface area (Å²) in [5.41, 5.74) is 0.865. The largest absolute Gasteiger partial charge is 0.503 e. The van der Waals surface area contributed by atoms with Crippen molar-refractivity contribution in [2.75, 3.05) is 7.11 Å². The Hall–Kier alpha value is -3.28. The van der Waals surface area contributed by atoms with Gasteiger partial charge < -0.3 is 19.5 Å². The zero-order valence-corrected chi connectivity index (χ0v) is 19.5. The summed E-state index contributed by atoms with van der Waals surface area (Å²) < 4.78 is 11.2. The third kappa shape index (κ3) is 4.64. The van der Waals surface area contributed by atoms with E-state index in [1.54, 1.807) is 27.9 Å². The summed E-state index contributed by atoms with van der Waals surface area (Å²) in [5.74, 6) is -0.00204. The summed E-state index contributed by atoms with van der Waals surface area (Å²) >= 11 is 0. The van der Waals surface area contributed by atoms with Crippen LogP contribution < -0.4 is 9.47 Å². The van der Waals surface area contributed by atoms with Gasteiger partial charge in [-0.25, -0.2) is 0 Å². The van der Waals surface area contributed by atoms with Gasteiger partial charge in [0.25, 0.3) is 5.91 Å². The number of methoxy groups -OCH3 is 1. The fourth-order valence-corrected chi connectivity index (χ4v) is 3.82. The molecule has 2 aromatic carbocycles. The molecule has 3 rings (SSSR count). The Morgan fingerprint density at radius 3 is 2.28 bits per heavy atom. The Bertz CT molecular complexity index is 1030. The van der Waals surface area contributed by atoms with E-state index < -0.39 is 23.1 Å². The number of nitrogens with zero attached hydrogens (tertiary/aromatic N) is 1. The minimum absolute atomic E-state index is 0.0259. The third-order valence-corrected chi connectivity index (χ3v) is 5.33. The van der Waals surface area contributed by atoms with E-state index in [-0.39, 0.29) is 24.0 Å². The van der Waals surface area contributed by atoms with Crippen LogP contribution in [0.4, 0.5) is 0 Å². The molecule has 0 saturated carbocycles. The quantitative estimate of drug-likeness (QED) is 0.660. The van der Waals surface area contributed by atoms with E-state index in [9.17, 15) is 14.7 Å². The molecule has 1 amide bonds. The Labute approximate surface area is 189 Å². The standard InChI is InChI=1S/C26H31NO5/c1-16(2)32-19-13-11-17(12-14-19)22-21(24(29)26(3,4)5)23(28)25(30)27(22)15-18-9-7-8-10-20(18)31-6/h7-14,16,22,28H,15H2,1-6H3.